The highest BCUT2D eigenvalue weighted by Gasteiger charge is 2.06. The minimum absolute atomic E-state index is 0.290. The number of carbonyl (C=O) groups is 3. The fraction of sp³-hybridized carbons (Fsp3) is 0.125. The van der Waals surface area contributed by atoms with Crippen LogP contribution in [-0.4, -0.2) is 34.7 Å². The van der Waals surface area contributed by atoms with Crippen molar-refractivity contribution in [1.29, 1.82) is 0 Å². The van der Waals surface area contributed by atoms with Crippen LogP contribution in [0.2, 0.25) is 0 Å². The number of carboxylic acid groups (broad SMARTS) is 2. The van der Waals surface area contributed by atoms with E-state index in [0.29, 0.717) is 12.2 Å². The van der Waals surface area contributed by atoms with E-state index < -0.39 is 24.5 Å². The second kappa shape index (κ2) is 5.52. The van der Waals surface area contributed by atoms with Crippen LogP contribution in [0.25, 0.3) is 0 Å². The number of hydrogen-bond donors (Lipinski definition) is 2. The number of carboxylic acids is 2. The van der Waals surface area contributed by atoms with E-state index in [1.54, 1.807) is 0 Å². The summed E-state index contributed by atoms with van der Waals surface area (Å²) in [6.45, 7) is 2.63. The van der Waals surface area contributed by atoms with Gasteiger partial charge in [0.2, 0.25) is 0 Å². The van der Waals surface area contributed by atoms with E-state index in [-0.39, 0.29) is 5.57 Å². The molecule has 0 rings (SSSR count). The van der Waals surface area contributed by atoms with Gasteiger partial charge in [0.25, 0.3) is 0 Å². The van der Waals surface area contributed by atoms with E-state index in [2.05, 4.69) is 11.3 Å². The van der Waals surface area contributed by atoms with Crippen LogP contribution in [0.1, 0.15) is 0 Å². The van der Waals surface area contributed by atoms with Gasteiger partial charge in [0.1, 0.15) is 6.61 Å². The first-order valence-corrected chi connectivity index (χ1v) is 3.42. The molecule has 6 heteroatoms. The molecule has 6 nitrogen and oxygen atoms in total. The smallest absolute Gasteiger partial charge is 0.334 e. The van der Waals surface area contributed by atoms with Crippen molar-refractivity contribution in [1.82, 2.24) is 0 Å². The molecule has 0 aromatic heterocycles. The molecule has 0 aromatic carbocycles. The molecule has 0 atom stereocenters. The normalized spacial score (nSPS) is 9.71. The maximum absolute atomic E-state index is 10.7. The van der Waals surface area contributed by atoms with E-state index in [1.165, 1.54) is 0 Å². The Morgan fingerprint density at radius 3 is 2.21 bits per heavy atom. The molecular formula is C8H8O6. The minimum Gasteiger partial charge on any atom is -0.478 e. The SMILES string of the molecule is C=C(COC(=O)C=CC(=O)O)C(=O)O. The van der Waals surface area contributed by atoms with E-state index >= 15 is 0 Å². The molecule has 0 aromatic rings. The van der Waals surface area contributed by atoms with E-state index in [1.807, 2.05) is 0 Å². The Balaban J connectivity index is 3.92. The molecule has 0 saturated heterocycles. The Bertz CT molecular complexity index is 301. The Morgan fingerprint density at radius 1 is 1.21 bits per heavy atom. The van der Waals surface area contributed by atoms with Crippen molar-refractivity contribution in [2.24, 2.45) is 0 Å². The monoisotopic (exact) mass is 200 g/mol. The lowest BCUT2D eigenvalue weighted by Crippen LogP contribution is -2.10. The fourth-order valence-electron chi connectivity index (χ4n) is 0.407. The third kappa shape index (κ3) is 5.53. The van der Waals surface area contributed by atoms with Gasteiger partial charge in [-0.25, -0.2) is 14.4 Å². The van der Waals surface area contributed by atoms with Gasteiger partial charge in [-0.1, -0.05) is 6.58 Å². The molecule has 0 aliphatic carbocycles. The molecule has 0 amide bonds. The average Bonchev–Trinajstić information content (AvgIpc) is 2.10. The quantitative estimate of drug-likeness (QED) is 0.471. The summed E-state index contributed by atoms with van der Waals surface area (Å²) in [6.07, 6.45) is 1.27. The second-order valence-corrected chi connectivity index (χ2v) is 2.19. The third-order valence-electron chi connectivity index (χ3n) is 1.05. The highest BCUT2D eigenvalue weighted by atomic mass is 16.5. The average molecular weight is 200 g/mol. The summed E-state index contributed by atoms with van der Waals surface area (Å²) in [6, 6.07) is 0. The standard InChI is InChI=1S/C8H8O6/c1-5(8(12)13)4-14-7(11)3-2-6(9)10/h2-3H,1,4H2,(H,9,10)(H,12,13). The highest BCUT2D eigenvalue weighted by Crippen LogP contribution is 1.92. The predicted molar refractivity (Wildman–Crippen MR) is 44.5 cm³/mol. The van der Waals surface area contributed by atoms with Crippen molar-refractivity contribution in [3.8, 4) is 0 Å². The number of carbonyl (C=O) groups excluding carboxylic acids is 1. The second-order valence-electron chi connectivity index (χ2n) is 2.19. The molecular weight excluding hydrogens is 192 g/mol. The first-order valence-electron chi connectivity index (χ1n) is 3.42. The van der Waals surface area contributed by atoms with Gasteiger partial charge in [0.05, 0.1) is 5.57 Å². The highest BCUT2D eigenvalue weighted by molar-refractivity contribution is 5.91. The first-order chi connectivity index (χ1) is 6.43. The Morgan fingerprint density at radius 2 is 1.79 bits per heavy atom. The van der Waals surface area contributed by atoms with Gasteiger partial charge in [0, 0.05) is 12.2 Å². The van der Waals surface area contributed by atoms with Gasteiger partial charge in [-0.2, -0.15) is 0 Å². The number of rotatable bonds is 5. The Kier molecular flexibility index (Phi) is 4.69. The van der Waals surface area contributed by atoms with Gasteiger partial charge in [-0.05, 0) is 0 Å². The molecule has 0 radical (unpaired) electrons. The van der Waals surface area contributed by atoms with Crippen molar-refractivity contribution in [2.75, 3.05) is 6.61 Å². The molecule has 0 saturated carbocycles. The summed E-state index contributed by atoms with van der Waals surface area (Å²) in [5, 5.41) is 16.4. The largest absolute Gasteiger partial charge is 0.478 e. The Hall–Kier alpha value is -2.11. The van der Waals surface area contributed by atoms with Crippen LogP contribution in [0.15, 0.2) is 24.3 Å². The van der Waals surface area contributed by atoms with Gasteiger partial charge in [0.15, 0.2) is 0 Å². The minimum atomic E-state index is -1.29. The van der Waals surface area contributed by atoms with Crippen LogP contribution >= 0.6 is 0 Å². The van der Waals surface area contributed by atoms with E-state index in [9.17, 15) is 14.4 Å². The van der Waals surface area contributed by atoms with Crippen LogP contribution in [0.3, 0.4) is 0 Å². The van der Waals surface area contributed by atoms with Crippen LogP contribution < -0.4 is 0 Å². The molecule has 0 fully saturated rings. The lowest BCUT2D eigenvalue weighted by atomic mass is 10.3. The topological polar surface area (TPSA) is 101 Å². The van der Waals surface area contributed by atoms with Crippen molar-refractivity contribution in [3.05, 3.63) is 24.3 Å². The molecule has 0 aliphatic rings. The van der Waals surface area contributed by atoms with Crippen molar-refractivity contribution in [2.45, 2.75) is 0 Å². The molecule has 14 heavy (non-hydrogen) atoms. The first kappa shape index (κ1) is 11.9. The molecule has 0 bridgehead atoms. The van der Waals surface area contributed by atoms with Crippen LogP contribution in [0.4, 0.5) is 0 Å². The summed E-state index contributed by atoms with van der Waals surface area (Å²) < 4.78 is 4.35. The van der Waals surface area contributed by atoms with E-state index in [4.69, 9.17) is 10.2 Å². The van der Waals surface area contributed by atoms with Crippen molar-refractivity contribution < 1.29 is 29.3 Å². The van der Waals surface area contributed by atoms with Crippen LogP contribution in [0, 0.1) is 0 Å². The third-order valence-corrected chi connectivity index (χ3v) is 1.05. The van der Waals surface area contributed by atoms with Crippen LogP contribution in [0.5, 0.6) is 0 Å². The molecule has 2 N–H and O–H groups in total. The van der Waals surface area contributed by atoms with Gasteiger partial charge < -0.3 is 14.9 Å². The lowest BCUT2D eigenvalue weighted by molar-refractivity contribution is -0.139. The van der Waals surface area contributed by atoms with Crippen molar-refractivity contribution in [3.63, 3.8) is 0 Å². The molecule has 0 heterocycles. The van der Waals surface area contributed by atoms with E-state index in [0.717, 1.165) is 0 Å². The van der Waals surface area contributed by atoms with Crippen molar-refractivity contribution >= 4 is 17.9 Å². The molecule has 76 valence electrons. The van der Waals surface area contributed by atoms with Gasteiger partial charge >= 0.3 is 17.9 Å². The Labute approximate surface area is 79.1 Å². The summed E-state index contributed by atoms with van der Waals surface area (Å²) in [7, 11) is 0. The predicted octanol–water partition coefficient (Wildman–Crippen LogP) is -0.189. The summed E-state index contributed by atoms with van der Waals surface area (Å²) in [5.41, 5.74) is -0.290. The zero-order chi connectivity index (χ0) is 11.1. The lowest BCUT2D eigenvalue weighted by Gasteiger charge is -1.99. The number of hydrogen-bond acceptors (Lipinski definition) is 4. The zero-order valence-corrected chi connectivity index (χ0v) is 7.10. The fourth-order valence-corrected chi connectivity index (χ4v) is 0.407. The summed E-state index contributed by atoms with van der Waals surface area (Å²) in [5.74, 6) is -3.51. The maximum Gasteiger partial charge on any atom is 0.334 e. The van der Waals surface area contributed by atoms with Crippen LogP contribution in [-0.2, 0) is 19.1 Å². The molecule has 0 spiro atoms. The summed E-state index contributed by atoms with van der Waals surface area (Å²) in [4.78, 5) is 30.8. The van der Waals surface area contributed by atoms with Gasteiger partial charge in [-0.15, -0.1) is 0 Å². The molecule has 0 aliphatic heterocycles. The maximum atomic E-state index is 10.7. The zero-order valence-electron chi connectivity index (χ0n) is 7.10. The summed E-state index contributed by atoms with van der Waals surface area (Å²) >= 11 is 0. The molecule has 0 unspecified atom stereocenters. The number of esters is 1. The van der Waals surface area contributed by atoms with Gasteiger partial charge in [-0.3, -0.25) is 0 Å². The number of ether oxygens (including phenoxy) is 1. The number of aliphatic carboxylic acids is 2.